The van der Waals surface area contributed by atoms with Gasteiger partial charge >= 0.3 is 0 Å². The van der Waals surface area contributed by atoms with Gasteiger partial charge in [-0.05, 0) is 65.5 Å². The molecule has 0 radical (unpaired) electrons. The molecule has 1 aliphatic carbocycles. The second-order valence-corrected chi connectivity index (χ2v) is 7.81. The first-order valence-electron chi connectivity index (χ1n) is 7.61. The van der Waals surface area contributed by atoms with E-state index < -0.39 is 0 Å². The zero-order chi connectivity index (χ0) is 14.6. The first-order chi connectivity index (χ1) is 9.61. The molecule has 0 spiro atoms. The number of rotatable bonds is 6. The van der Waals surface area contributed by atoms with Gasteiger partial charge in [0.05, 0.1) is 5.60 Å². The summed E-state index contributed by atoms with van der Waals surface area (Å²) in [5.41, 5.74) is 0.00590. The summed E-state index contributed by atoms with van der Waals surface area (Å²) in [6.07, 6.45) is 5.95. The van der Waals surface area contributed by atoms with E-state index >= 15 is 0 Å². The maximum Gasteiger partial charge on any atom is 0.0834 e. The number of nitrogens with one attached hydrogen (secondary N) is 1. The van der Waals surface area contributed by atoms with Crippen LogP contribution in [0.1, 0.15) is 44.4 Å². The highest BCUT2D eigenvalue weighted by Gasteiger charge is 2.41. The van der Waals surface area contributed by atoms with Crippen LogP contribution in [0.5, 0.6) is 0 Å². The van der Waals surface area contributed by atoms with Crippen molar-refractivity contribution in [1.82, 2.24) is 5.32 Å². The smallest absolute Gasteiger partial charge is 0.0834 e. The summed E-state index contributed by atoms with van der Waals surface area (Å²) in [6, 6.07) is 2.55. The third-order valence-electron chi connectivity index (χ3n) is 4.69. The average Bonchev–Trinajstić information content (AvgIpc) is 2.85. The lowest BCUT2D eigenvalue weighted by molar-refractivity contribution is -0.0741. The summed E-state index contributed by atoms with van der Waals surface area (Å²) in [7, 11) is 1.89. The Bertz CT molecular complexity index is 412. The van der Waals surface area contributed by atoms with E-state index in [1.165, 1.54) is 35.0 Å². The largest absolute Gasteiger partial charge is 0.377 e. The lowest BCUT2D eigenvalue weighted by Crippen LogP contribution is -2.54. The summed E-state index contributed by atoms with van der Waals surface area (Å²) in [5, 5.41) is 5.84. The Labute approximate surface area is 135 Å². The van der Waals surface area contributed by atoms with E-state index in [4.69, 9.17) is 4.74 Å². The molecular weight excluding hydrogens is 334 g/mol. The normalized spacial score (nSPS) is 28.5. The summed E-state index contributed by atoms with van der Waals surface area (Å²) >= 11 is 5.50. The van der Waals surface area contributed by atoms with Crippen molar-refractivity contribution in [2.45, 2.75) is 57.6 Å². The van der Waals surface area contributed by atoms with Gasteiger partial charge in [-0.25, -0.2) is 0 Å². The second kappa shape index (κ2) is 7.39. The molecule has 1 saturated carbocycles. The van der Waals surface area contributed by atoms with Gasteiger partial charge in [-0.15, -0.1) is 11.3 Å². The van der Waals surface area contributed by atoms with Gasteiger partial charge in [0.2, 0.25) is 0 Å². The van der Waals surface area contributed by atoms with Crippen molar-refractivity contribution in [1.29, 1.82) is 0 Å². The van der Waals surface area contributed by atoms with Crippen LogP contribution in [0.3, 0.4) is 0 Å². The van der Waals surface area contributed by atoms with Crippen LogP contribution in [0, 0.1) is 5.92 Å². The molecule has 1 N–H and O–H groups in total. The fourth-order valence-corrected chi connectivity index (χ4v) is 4.85. The predicted molar refractivity (Wildman–Crippen MR) is 90.6 cm³/mol. The molecule has 1 heterocycles. The molecule has 4 heteroatoms. The lowest BCUT2D eigenvalue weighted by Gasteiger charge is -2.44. The molecule has 1 aromatic heterocycles. The standard InChI is InChI=1S/C16H26BrNOS/c1-4-18-15(11-14-13(17)7-10-20-14)16(19-3)8-5-12(2)6-9-16/h7,10,12,15,18H,4-6,8-9,11H2,1-3H3. The maximum atomic E-state index is 6.06. The van der Waals surface area contributed by atoms with Crippen LogP contribution in [0.4, 0.5) is 0 Å². The molecule has 2 rings (SSSR count). The zero-order valence-electron chi connectivity index (χ0n) is 12.7. The fraction of sp³-hybridized carbons (Fsp3) is 0.750. The van der Waals surface area contributed by atoms with E-state index in [0.717, 1.165) is 18.9 Å². The minimum Gasteiger partial charge on any atom is -0.377 e. The van der Waals surface area contributed by atoms with E-state index in [1.807, 2.05) is 18.4 Å². The number of methoxy groups -OCH3 is 1. The van der Waals surface area contributed by atoms with Crippen LogP contribution in [-0.4, -0.2) is 25.3 Å². The van der Waals surface area contributed by atoms with Gasteiger partial charge < -0.3 is 10.1 Å². The first kappa shape index (κ1) is 16.5. The third kappa shape index (κ3) is 3.65. The molecule has 0 aromatic carbocycles. The Hall–Kier alpha value is 0.1000. The van der Waals surface area contributed by atoms with Gasteiger partial charge in [0.25, 0.3) is 0 Å². The van der Waals surface area contributed by atoms with E-state index in [1.54, 1.807) is 0 Å². The Balaban J connectivity index is 2.15. The van der Waals surface area contributed by atoms with Gasteiger partial charge in [-0.3, -0.25) is 0 Å². The lowest BCUT2D eigenvalue weighted by atomic mass is 9.74. The molecule has 0 aliphatic heterocycles. The Morgan fingerprint density at radius 1 is 1.50 bits per heavy atom. The molecule has 1 aromatic rings. The molecule has 1 atom stereocenters. The summed E-state index contributed by atoms with van der Waals surface area (Å²) in [5.74, 6) is 0.842. The molecule has 114 valence electrons. The highest BCUT2D eigenvalue weighted by atomic mass is 79.9. The molecule has 0 saturated heterocycles. The number of hydrogen-bond donors (Lipinski definition) is 1. The predicted octanol–water partition coefficient (Wildman–Crippen LogP) is 4.63. The van der Waals surface area contributed by atoms with Crippen molar-refractivity contribution in [2.75, 3.05) is 13.7 Å². The zero-order valence-corrected chi connectivity index (χ0v) is 15.1. The number of likely N-dealkylation sites (N-methyl/N-ethyl adjacent to an activating group) is 1. The van der Waals surface area contributed by atoms with Crippen molar-refractivity contribution < 1.29 is 4.74 Å². The van der Waals surface area contributed by atoms with Gasteiger partial charge in [0, 0.05) is 28.9 Å². The van der Waals surface area contributed by atoms with Crippen molar-refractivity contribution in [2.24, 2.45) is 5.92 Å². The van der Waals surface area contributed by atoms with Gasteiger partial charge in [-0.2, -0.15) is 0 Å². The number of halogens is 1. The van der Waals surface area contributed by atoms with Crippen LogP contribution in [0.25, 0.3) is 0 Å². The SMILES string of the molecule is CCNC(Cc1sccc1Br)C1(OC)CCC(C)CC1. The van der Waals surface area contributed by atoms with Gasteiger partial charge in [0.15, 0.2) is 0 Å². The highest BCUT2D eigenvalue weighted by Crippen LogP contribution is 2.39. The molecule has 1 fully saturated rings. The molecule has 2 nitrogen and oxygen atoms in total. The Kier molecular flexibility index (Phi) is 6.09. The fourth-order valence-electron chi connectivity index (χ4n) is 3.29. The molecule has 1 aliphatic rings. The highest BCUT2D eigenvalue weighted by molar-refractivity contribution is 9.10. The average molecular weight is 360 g/mol. The van der Waals surface area contributed by atoms with Gasteiger partial charge in [-0.1, -0.05) is 13.8 Å². The topological polar surface area (TPSA) is 21.3 Å². The van der Waals surface area contributed by atoms with E-state index in [2.05, 4.69) is 46.5 Å². The van der Waals surface area contributed by atoms with Crippen LogP contribution >= 0.6 is 27.3 Å². The molecule has 20 heavy (non-hydrogen) atoms. The van der Waals surface area contributed by atoms with E-state index in [9.17, 15) is 0 Å². The van der Waals surface area contributed by atoms with Crippen molar-refractivity contribution in [3.8, 4) is 0 Å². The summed E-state index contributed by atoms with van der Waals surface area (Å²) in [6.45, 7) is 5.54. The van der Waals surface area contributed by atoms with Crippen LogP contribution < -0.4 is 5.32 Å². The van der Waals surface area contributed by atoms with E-state index in [-0.39, 0.29) is 5.60 Å². The minimum atomic E-state index is 0.00590. The van der Waals surface area contributed by atoms with Crippen LogP contribution in [0.2, 0.25) is 0 Å². The minimum absolute atomic E-state index is 0.00590. The van der Waals surface area contributed by atoms with E-state index in [0.29, 0.717) is 6.04 Å². The first-order valence-corrected chi connectivity index (χ1v) is 9.29. The summed E-state index contributed by atoms with van der Waals surface area (Å²) < 4.78 is 7.29. The quantitative estimate of drug-likeness (QED) is 0.799. The number of hydrogen-bond acceptors (Lipinski definition) is 3. The molecule has 0 amide bonds. The number of thiophene rings is 1. The van der Waals surface area contributed by atoms with Crippen molar-refractivity contribution >= 4 is 27.3 Å². The van der Waals surface area contributed by atoms with Crippen molar-refractivity contribution in [3.05, 3.63) is 20.8 Å². The second-order valence-electron chi connectivity index (χ2n) is 5.96. The van der Waals surface area contributed by atoms with Crippen molar-refractivity contribution in [3.63, 3.8) is 0 Å². The van der Waals surface area contributed by atoms with Gasteiger partial charge in [0.1, 0.15) is 0 Å². The van der Waals surface area contributed by atoms with Crippen LogP contribution in [-0.2, 0) is 11.2 Å². The molecule has 1 unspecified atom stereocenters. The number of ether oxygens (including phenoxy) is 1. The maximum absolute atomic E-state index is 6.06. The Morgan fingerprint density at radius 2 is 2.20 bits per heavy atom. The Morgan fingerprint density at radius 3 is 2.70 bits per heavy atom. The monoisotopic (exact) mass is 359 g/mol. The third-order valence-corrected chi connectivity index (χ3v) is 6.64. The molecule has 0 bridgehead atoms. The van der Waals surface area contributed by atoms with Crippen LogP contribution in [0.15, 0.2) is 15.9 Å². The molecular formula is C16H26BrNOS. The summed E-state index contributed by atoms with van der Waals surface area (Å²) in [4.78, 5) is 1.42.